The van der Waals surface area contributed by atoms with Crippen molar-refractivity contribution >= 4 is 22.4 Å². The monoisotopic (exact) mass is 323 g/mol. The van der Waals surface area contributed by atoms with Gasteiger partial charge in [-0.1, -0.05) is 12.8 Å². The van der Waals surface area contributed by atoms with Crippen LogP contribution in [0.5, 0.6) is 0 Å². The van der Waals surface area contributed by atoms with Gasteiger partial charge in [0.1, 0.15) is 0 Å². The summed E-state index contributed by atoms with van der Waals surface area (Å²) in [6, 6.07) is 0.544. The van der Waals surface area contributed by atoms with Crippen LogP contribution in [0.4, 0.5) is 5.13 Å². The fourth-order valence-electron chi connectivity index (χ4n) is 3.57. The number of anilines is 1. The lowest BCUT2D eigenvalue weighted by molar-refractivity contribution is -0.116. The number of ether oxygens (including phenoxy) is 1. The number of amides is 1. The second-order valence-corrected chi connectivity index (χ2v) is 6.95. The zero-order valence-corrected chi connectivity index (χ0v) is 14.3. The Kier molecular flexibility index (Phi) is 5.10. The van der Waals surface area contributed by atoms with Crippen molar-refractivity contribution in [1.29, 1.82) is 0 Å². The van der Waals surface area contributed by atoms with E-state index in [4.69, 9.17) is 4.74 Å². The molecule has 5 nitrogen and oxygen atoms in total. The minimum Gasteiger partial charge on any atom is -0.375 e. The van der Waals surface area contributed by atoms with Gasteiger partial charge in [0.25, 0.3) is 0 Å². The van der Waals surface area contributed by atoms with Crippen LogP contribution in [-0.2, 0) is 16.1 Å². The number of morpholine rings is 1. The average molecular weight is 323 g/mol. The van der Waals surface area contributed by atoms with Crippen LogP contribution >= 0.6 is 11.3 Å². The summed E-state index contributed by atoms with van der Waals surface area (Å²) in [6.07, 6.45) is 5.43. The van der Waals surface area contributed by atoms with Crippen molar-refractivity contribution in [3.8, 4) is 0 Å². The standard InChI is InChI=1S/C16H25N3O2S/c1-3-19(12(2)20)16-17-13(11-22-16)10-18-8-9-21-15-7-5-4-6-14(15)18/h11,14-15H,3-10H2,1-2H3/t14-,15-/m1/s1. The smallest absolute Gasteiger partial charge is 0.225 e. The Morgan fingerprint density at radius 1 is 1.50 bits per heavy atom. The summed E-state index contributed by atoms with van der Waals surface area (Å²) in [4.78, 5) is 20.6. The third kappa shape index (κ3) is 3.34. The summed E-state index contributed by atoms with van der Waals surface area (Å²) in [5.74, 6) is 0.0575. The molecule has 2 aliphatic rings. The van der Waals surface area contributed by atoms with Crippen LogP contribution < -0.4 is 4.90 Å². The Hall–Kier alpha value is -0.980. The van der Waals surface area contributed by atoms with E-state index in [2.05, 4.69) is 15.3 Å². The fourth-order valence-corrected chi connectivity index (χ4v) is 4.49. The number of hydrogen-bond acceptors (Lipinski definition) is 5. The Bertz CT molecular complexity index is 517. The molecule has 2 heterocycles. The highest BCUT2D eigenvalue weighted by atomic mass is 32.1. The maximum atomic E-state index is 11.6. The van der Waals surface area contributed by atoms with Crippen LogP contribution in [0.15, 0.2) is 5.38 Å². The molecule has 1 aromatic rings. The summed E-state index contributed by atoms with van der Waals surface area (Å²) in [5.41, 5.74) is 1.07. The average Bonchev–Trinajstić information content (AvgIpc) is 2.96. The first-order chi connectivity index (χ1) is 10.7. The number of hydrogen-bond donors (Lipinski definition) is 0. The van der Waals surface area contributed by atoms with E-state index >= 15 is 0 Å². The lowest BCUT2D eigenvalue weighted by Crippen LogP contribution is -2.52. The topological polar surface area (TPSA) is 45.7 Å². The normalized spacial score (nSPS) is 25.7. The molecule has 2 fully saturated rings. The van der Waals surface area contributed by atoms with Gasteiger partial charge in [-0.3, -0.25) is 14.6 Å². The molecule has 0 unspecified atom stereocenters. The van der Waals surface area contributed by atoms with Crippen molar-refractivity contribution in [2.75, 3.05) is 24.6 Å². The number of thiazole rings is 1. The number of rotatable bonds is 4. The first kappa shape index (κ1) is 15.9. The SMILES string of the molecule is CCN(C(C)=O)c1nc(CN2CCO[C@@H]3CCCC[C@H]32)cs1. The molecule has 6 heteroatoms. The van der Waals surface area contributed by atoms with Gasteiger partial charge in [-0.25, -0.2) is 4.98 Å². The minimum atomic E-state index is 0.0575. The first-order valence-corrected chi connectivity index (χ1v) is 9.15. The van der Waals surface area contributed by atoms with Gasteiger partial charge >= 0.3 is 0 Å². The predicted molar refractivity (Wildman–Crippen MR) is 88.2 cm³/mol. The highest BCUT2D eigenvalue weighted by molar-refractivity contribution is 7.14. The van der Waals surface area contributed by atoms with Gasteiger partial charge < -0.3 is 4.74 Å². The number of carbonyl (C=O) groups excluding carboxylic acids is 1. The highest BCUT2D eigenvalue weighted by Gasteiger charge is 2.34. The number of carbonyl (C=O) groups is 1. The van der Waals surface area contributed by atoms with E-state index in [9.17, 15) is 4.79 Å². The summed E-state index contributed by atoms with van der Waals surface area (Å²) in [7, 11) is 0. The molecular weight excluding hydrogens is 298 g/mol. The summed E-state index contributed by atoms with van der Waals surface area (Å²) < 4.78 is 5.93. The number of fused-ring (bicyclic) bond motifs is 1. The minimum absolute atomic E-state index is 0.0575. The second-order valence-electron chi connectivity index (χ2n) is 6.12. The van der Waals surface area contributed by atoms with E-state index in [0.717, 1.165) is 30.5 Å². The van der Waals surface area contributed by atoms with E-state index in [1.807, 2.05) is 6.92 Å². The van der Waals surface area contributed by atoms with Gasteiger partial charge in [0, 0.05) is 38.0 Å². The molecule has 2 atom stereocenters. The molecule has 1 aromatic heterocycles. The van der Waals surface area contributed by atoms with Crippen LogP contribution in [0.2, 0.25) is 0 Å². The molecule has 22 heavy (non-hydrogen) atoms. The van der Waals surface area contributed by atoms with E-state index in [1.54, 1.807) is 23.2 Å². The molecule has 1 saturated heterocycles. The van der Waals surface area contributed by atoms with Crippen molar-refractivity contribution < 1.29 is 9.53 Å². The molecule has 0 bridgehead atoms. The van der Waals surface area contributed by atoms with E-state index in [1.165, 1.54) is 25.7 Å². The molecule has 1 aliphatic carbocycles. The van der Waals surface area contributed by atoms with E-state index < -0.39 is 0 Å². The lowest BCUT2D eigenvalue weighted by atomic mass is 9.90. The Morgan fingerprint density at radius 3 is 3.09 bits per heavy atom. The van der Waals surface area contributed by atoms with Crippen molar-refractivity contribution in [1.82, 2.24) is 9.88 Å². The van der Waals surface area contributed by atoms with Crippen molar-refractivity contribution in [3.63, 3.8) is 0 Å². The van der Waals surface area contributed by atoms with Gasteiger partial charge in [-0.05, 0) is 19.8 Å². The largest absolute Gasteiger partial charge is 0.375 e. The molecule has 0 radical (unpaired) electrons. The predicted octanol–water partition coefficient (Wildman–Crippen LogP) is 2.66. The van der Waals surface area contributed by atoms with Crippen LogP contribution in [0, 0.1) is 0 Å². The lowest BCUT2D eigenvalue weighted by Gasteiger charge is -2.43. The number of aromatic nitrogens is 1. The van der Waals surface area contributed by atoms with Crippen molar-refractivity contribution in [2.24, 2.45) is 0 Å². The molecule has 0 spiro atoms. The summed E-state index contributed by atoms with van der Waals surface area (Å²) >= 11 is 1.56. The van der Waals surface area contributed by atoms with E-state index in [-0.39, 0.29) is 5.91 Å². The maximum absolute atomic E-state index is 11.6. The molecule has 3 rings (SSSR count). The first-order valence-electron chi connectivity index (χ1n) is 8.27. The van der Waals surface area contributed by atoms with Crippen LogP contribution in [0.3, 0.4) is 0 Å². The van der Waals surface area contributed by atoms with Gasteiger partial charge in [0.05, 0.1) is 18.4 Å². The van der Waals surface area contributed by atoms with E-state index in [0.29, 0.717) is 18.7 Å². The zero-order chi connectivity index (χ0) is 15.5. The Balaban J connectivity index is 1.67. The molecular formula is C16H25N3O2S. The van der Waals surface area contributed by atoms with Gasteiger partial charge in [0.15, 0.2) is 5.13 Å². The van der Waals surface area contributed by atoms with Crippen molar-refractivity contribution in [2.45, 2.75) is 58.2 Å². The van der Waals surface area contributed by atoms with Gasteiger partial charge in [-0.15, -0.1) is 11.3 Å². The fraction of sp³-hybridized carbons (Fsp3) is 0.750. The van der Waals surface area contributed by atoms with Crippen LogP contribution in [0.1, 0.15) is 45.2 Å². The Labute approximate surface area is 136 Å². The second kappa shape index (κ2) is 7.06. The molecule has 1 aliphatic heterocycles. The number of nitrogens with zero attached hydrogens (tertiary/aromatic N) is 3. The van der Waals surface area contributed by atoms with Crippen LogP contribution in [0.25, 0.3) is 0 Å². The summed E-state index contributed by atoms with van der Waals surface area (Å²) in [6.45, 7) is 6.93. The third-order valence-electron chi connectivity index (χ3n) is 4.68. The molecule has 1 amide bonds. The van der Waals surface area contributed by atoms with Crippen molar-refractivity contribution in [3.05, 3.63) is 11.1 Å². The summed E-state index contributed by atoms with van der Waals surface area (Å²) in [5, 5.41) is 2.91. The van der Waals surface area contributed by atoms with Gasteiger partial charge in [-0.2, -0.15) is 0 Å². The highest BCUT2D eigenvalue weighted by Crippen LogP contribution is 2.30. The third-order valence-corrected chi connectivity index (χ3v) is 5.59. The zero-order valence-electron chi connectivity index (χ0n) is 13.5. The molecule has 122 valence electrons. The molecule has 0 aromatic carbocycles. The Morgan fingerprint density at radius 2 is 2.32 bits per heavy atom. The maximum Gasteiger partial charge on any atom is 0.225 e. The van der Waals surface area contributed by atoms with Gasteiger partial charge in [0.2, 0.25) is 5.91 Å². The molecule has 0 N–H and O–H groups in total. The molecule has 1 saturated carbocycles. The van der Waals surface area contributed by atoms with Crippen LogP contribution in [-0.4, -0.2) is 47.6 Å². The quantitative estimate of drug-likeness (QED) is 0.854.